The van der Waals surface area contributed by atoms with Crippen molar-refractivity contribution in [3.8, 4) is 0 Å². The molecular weight excluding hydrogens is 374 g/mol. The van der Waals surface area contributed by atoms with Crippen LogP contribution in [0.3, 0.4) is 0 Å². The summed E-state index contributed by atoms with van der Waals surface area (Å²) in [5.41, 5.74) is 1.22. The van der Waals surface area contributed by atoms with Gasteiger partial charge in [-0.3, -0.25) is 4.79 Å². The lowest BCUT2D eigenvalue weighted by molar-refractivity contribution is -0.129. The van der Waals surface area contributed by atoms with E-state index >= 15 is 0 Å². The van der Waals surface area contributed by atoms with Gasteiger partial charge >= 0.3 is 5.97 Å². The van der Waals surface area contributed by atoms with Crippen LogP contribution in [0.5, 0.6) is 0 Å². The van der Waals surface area contributed by atoms with Gasteiger partial charge in [-0.2, -0.15) is 0 Å². The Labute approximate surface area is 149 Å². The predicted octanol–water partition coefficient (Wildman–Crippen LogP) is 3.72. The number of hydrogen-bond donors (Lipinski definition) is 1. The minimum absolute atomic E-state index is 0.0170. The summed E-state index contributed by atoms with van der Waals surface area (Å²) < 4.78 is 10.6. The third kappa shape index (κ3) is 5.53. The first-order valence-electron chi connectivity index (χ1n) is 7.76. The van der Waals surface area contributed by atoms with Crippen molar-refractivity contribution in [2.75, 3.05) is 0 Å². The van der Waals surface area contributed by atoms with Gasteiger partial charge in [0.25, 0.3) is 5.91 Å². The van der Waals surface area contributed by atoms with E-state index < -0.39 is 12.1 Å². The maximum absolute atomic E-state index is 12.1. The second-order valence-electron chi connectivity index (χ2n) is 5.59. The van der Waals surface area contributed by atoms with Gasteiger partial charge in [-0.15, -0.1) is 0 Å². The van der Waals surface area contributed by atoms with Gasteiger partial charge in [0.1, 0.15) is 0 Å². The number of halogens is 1. The number of rotatable bonds is 7. The molecule has 5 nitrogen and oxygen atoms in total. The minimum atomic E-state index is -0.888. The number of benzene rings is 1. The lowest BCUT2D eigenvalue weighted by Gasteiger charge is -2.17. The fraction of sp³-hybridized carbons (Fsp3) is 0.333. The van der Waals surface area contributed by atoms with Crippen LogP contribution in [0.25, 0.3) is 0 Å². The van der Waals surface area contributed by atoms with Gasteiger partial charge in [-0.1, -0.05) is 30.3 Å². The Morgan fingerprint density at radius 2 is 1.88 bits per heavy atom. The maximum Gasteiger partial charge on any atom is 0.375 e. The van der Waals surface area contributed by atoms with Crippen LogP contribution in [0.4, 0.5) is 0 Å². The average Bonchev–Trinajstić information content (AvgIpc) is 3.00. The zero-order valence-electron chi connectivity index (χ0n) is 13.6. The van der Waals surface area contributed by atoms with Crippen LogP contribution in [-0.2, 0) is 16.0 Å². The number of esters is 1. The molecule has 0 saturated carbocycles. The Bertz CT molecular complexity index is 683. The molecule has 1 amide bonds. The van der Waals surface area contributed by atoms with E-state index in [1.807, 2.05) is 25.1 Å². The van der Waals surface area contributed by atoms with Crippen molar-refractivity contribution in [2.24, 2.45) is 0 Å². The lowest BCUT2D eigenvalue weighted by atomic mass is 10.1. The summed E-state index contributed by atoms with van der Waals surface area (Å²) in [7, 11) is 0. The summed E-state index contributed by atoms with van der Waals surface area (Å²) >= 11 is 3.11. The molecule has 0 radical (unpaired) electrons. The third-order valence-electron chi connectivity index (χ3n) is 3.52. The summed E-state index contributed by atoms with van der Waals surface area (Å²) in [6, 6.07) is 13.1. The molecule has 1 heterocycles. The topological polar surface area (TPSA) is 68.5 Å². The second-order valence-corrected chi connectivity index (χ2v) is 6.37. The van der Waals surface area contributed by atoms with Crippen molar-refractivity contribution >= 4 is 27.8 Å². The molecule has 0 bridgehead atoms. The fourth-order valence-corrected chi connectivity index (χ4v) is 2.46. The standard InChI is InChI=1S/C18H20BrNO4/c1-12(8-9-14-6-4-3-5-7-14)20-17(21)13(2)23-18(22)15-10-11-16(19)24-15/h3-7,10-13H,8-9H2,1-2H3,(H,20,21)/t12-,13-/m1/s1. The quantitative estimate of drug-likeness (QED) is 0.727. The number of carbonyl (C=O) groups excluding carboxylic acids is 2. The largest absolute Gasteiger partial charge is 0.447 e. The first kappa shape index (κ1) is 18.3. The number of hydrogen-bond acceptors (Lipinski definition) is 4. The van der Waals surface area contributed by atoms with Crippen molar-refractivity contribution in [1.29, 1.82) is 0 Å². The summed E-state index contributed by atoms with van der Waals surface area (Å²) in [4.78, 5) is 24.0. The highest BCUT2D eigenvalue weighted by Crippen LogP contribution is 2.15. The van der Waals surface area contributed by atoms with Gasteiger partial charge < -0.3 is 14.5 Å². The van der Waals surface area contributed by atoms with Crippen LogP contribution < -0.4 is 5.32 Å². The number of carbonyl (C=O) groups is 2. The summed E-state index contributed by atoms with van der Waals surface area (Å²) in [6.45, 7) is 3.47. The van der Waals surface area contributed by atoms with Gasteiger partial charge in [0.05, 0.1) is 0 Å². The molecule has 128 valence electrons. The van der Waals surface area contributed by atoms with Crippen LogP contribution in [0.1, 0.15) is 36.4 Å². The third-order valence-corrected chi connectivity index (χ3v) is 3.95. The van der Waals surface area contributed by atoms with Crippen LogP contribution >= 0.6 is 15.9 Å². The molecule has 0 aliphatic carbocycles. The lowest BCUT2D eigenvalue weighted by Crippen LogP contribution is -2.41. The molecule has 2 rings (SSSR count). The number of ether oxygens (including phenoxy) is 1. The van der Waals surface area contributed by atoms with Gasteiger partial charge in [0.2, 0.25) is 5.76 Å². The highest BCUT2D eigenvalue weighted by atomic mass is 79.9. The van der Waals surface area contributed by atoms with Crippen molar-refractivity contribution in [1.82, 2.24) is 5.32 Å². The van der Waals surface area contributed by atoms with E-state index in [4.69, 9.17) is 9.15 Å². The first-order valence-corrected chi connectivity index (χ1v) is 8.55. The van der Waals surface area contributed by atoms with Gasteiger partial charge in [-0.05, 0) is 60.3 Å². The molecule has 0 aliphatic heterocycles. The Hall–Kier alpha value is -2.08. The highest BCUT2D eigenvalue weighted by Gasteiger charge is 2.22. The number of amides is 1. The van der Waals surface area contributed by atoms with E-state index in [0.717, 1.165) is 12.8 Å². The van der Waals surface area contributed by atoms with Crippen LogP contribution in [0, 0.1) is 0 Å². The van der Waals surface area contributed by atoms with Crippen molar-refractivity contribution in [3.63, 3.8) is 0 Å². The SMILES string of the molecule is C[C@H](CCc1ccccc1)NC(=O)[C@@H](C)OC(=O)c1ccc(Br)o1. The number of furan rings is 1. The molecule has 0 saturated heterocycles. The Morgan fingerprint density at radius 3 is 2.50 bits per heavy atom. The molecule has 1 N–H and O–H groups in total. The normalized spacial score (nSPS) is 13.1. The summed E-state index contributed by atoms with van der Waals surface area (Å²) in [5, 5.41) is 2.86. The number of nitrogens with one attached hydrogen (secondary N) is 1. The maximum atomic E-state index is 12.1. The Kier molecular flexibility index (Phi) is 6.61. The van der Waals surface area contributed by atoms with E-state index in [2.05, 4.69) is 33.4 Å². The molecule has 2 atom stereocenters. The molecule has 1 aromatic heterocycles. The molecule has 0 spiro atoms. The average molecular weight is 394 g/mol. The summed E-state index contributed by atoms with van der Waals surface area (Å²) in [5.74, 6) is -0.937. The smallest absolute Gasteiger partial charge is 0.375 e. The monoisotopic (exact) mass is 393 g/mol. The van der Waals surface area contributed by atoms with Crippen molar-refractivity contribution in [2.45, 2.75) is 38.8 Å². The second kappa shape index (κ2) is 8.68. The molecule has 0 fully saturated rings. The van der Waals surface area contributed by atoms with E-state index in [1.54, 1.807) is 6.07 Å². The first-order chi connectivity index (χ1) is 11.5. The molecule has 24 heavy (non-hydrogen) atoms. The van der Waals surface area contributed by atoms with Crippen LogP contribution in [0.15, 0.2) is 51.6 Å². The summed E-state index contributed by atoms with van der Waals surface area (Å²) in [6.07, 6.45) is 0.791. The van der Waals surface area contributed by atoms with E-state index in [9.17, 15) is 9.59 Å². The van der Waals surface area contributed by atoms with Crippen LogP contribution in [0.2, 0.25) is 0 Å². The van der Waals surface area contributed by atoms with Crippen molar-refractivity contribution < 1.29 is 18.7 Å². The fourth-order valence-electron chi connectivity index (χ4n) is 2.16. The van der Waals surface area contributed by atoms with Gasteiger partial charge in [0.15, 0.2) is 10.8 Å². The van der Waals surface area contributed by atoms with E-state index in [1.165, 1.54) is 18.6 Å². The molecule has 6 heteroatoms. The van der Waals surface area contributed by atoms with Gasteiger partial charge in [-0.25, -0.2) is 4.79 Å². The highest BCUT2D eigenvalue weighted by molar-refractivity contribution is 9.10. The molecule has 0 aliphatic rings. The molecular formula is C18H20BrNO4. The Balaban J connectivity index is 1.77. The van der Waals surface area contributed by atoms with E-state index in [-0.39, 0.29) is 17.7 Å². The van der Waals surface area contributed by atoms with Crippen molar-refractivity contribution in [3.05, 3.63) is 58.5 Å². The molecule has 2 aromatic rings. The Morgan fingerprint density at radius 1 is 1.17 bits per heavy atom. The van der Waals surface area contributed by atoms with Crippen LogP contribution in [-0.4, -0.2) is 24.0 Å². The molecule has 0 unspecified atom stereocenters. The predicted molar refractivity (Wildman–Crippen MR) is 93.7 cm³/mol. The zero-order chi connectivity index (χ0) is 17.5. The number of aryl methyl sites for hydroxylation is 1. The zero-order valence-corrected chi connectivity index (χ0v) is 15.2. The molecule has 1 aromatic carbocycles. The van der Waals surface area contributed by atoms with E-state index in [0.29, 0.717) is 4.67 Å². The van der Waals surface area contributed by atoms with Gasteiger partial charge in [0, 0.05) is 6.04 Å². The minimum Gasteiger partial charge on any atom is -0.447 e.